The van der Waals surface area contributed by atoms with Gasteiger partial charge in [-0.3, -0.25) is 14.7 Å². The van der Waals surface area contributed by atoms with Crippen molar-refractivity contribution in [3.63, 3.8) is 0 Å². The topological polar surface area (TPSA) is 68.8 Å². The number of benzene rings is 2. The highest BCUT2D eigenvalue weighted by atomic mass is 127. The second-order valence-corrected chi connectivity index (χ2v) is 9.32. The van der Waals surface area contributed by atoms with E-state index in [0.717, 1.165) is 24.7 Å². The van der Waals surface area contributed by atoms with E-state index in [2.05, 4.69) is 63.2 Å². The van der Waals surface area contributed by atoms with Crippen molar-refractivity contribution in [1.29, 1.82) is 0 Å². The third-order valence-corrected chi connectivity index (χ3v) is 7.03. The Balaban J connectivity index is 0.00000324. The lowest BCUT2D eigenvalue weighted by atomic mass is 9.90. The molecule has 7 heteroatoms. The molecular formula is C27H38IN5O. The molecule has 2 aliphatic rings. The van der Waals surface area contributed by atoms with Crippen molar-refractivity contribution in [2.24, 2.45) is 4.99 Å². The molecular weight excluding hydrogens is 537 g/mol. The molecule has 0 aromatic heterocycles. The molecule has 1 aliphatic carbocycles. The smallest absolute Gasteiger partial charge is 0.225 e. The number of nitrogens with one attached hydrogen (secondary N) is 3. The lowest BCUT2D eigenvalue weighted by Gasteiger charge is -2.31. The average Bonchev–Trinajstić information content (AvgIpc) is 2.85. The van der Waals surface area contributed by atoms with Gasteiger partial charge in [-0.15, -0.1) is 24.0 Å². The number of aliphatic imine (C=N–C) groups is 1. The molecule has 1 fully saturated rings. The van der Waals surface area contributed by atoms with E-state index in [1.54, 1.807) is 7.05 Å². The van der Waals surface area contributed by atoms with E-state index < -0.39 is 0 Å². The van der Waals surface area contributed by atoms with Crippen LogP contribution in [0.25, 0.3) is 0 Å². The van der Waals surface area contributed by atoms with Crippen molar-refractivity contribution in [3.05, 3.63) is 65.2 Å². The number of carbonyl (C=O) groups excluding carboxylic acids is 1. The maximum absolute atomic E-state index is 12.1. The summed E-state index contributed by atoms with van der Waals surface area (Å²) in [6.45, 7) is 2.36. The third kappa shape index (κ3) is 6.95. The Bertz CT molecular complexity index is 973. The molecule has 1 amide bonds. The first-order valence-corrected chi connectivity index (χ1v) is 12.2. The molecule has 34 heavy (non-hydrogen) atoms. The number of anilines is 1. The number of guanidine groups is 1. The average molecular weight is 576 g/mol. The van der Waals surface area contributed by atoms with Crippen molar-refractivity contribution in [1.82, 2.24) is 15.5 Å². The summed E-state index contributed by atoms with van der Waals surface area (Å²) in [7, 11) is 4.05. The molecule has 0 bridgehead atoms. The summed E-state index contributed by atoms with van der Waals surface area (Å²) in [5, 5.41) is 9.87. The Hall–Kier alpha value is -2.13. The molecule has 1 saturated carbocycles. The minimum absolute atomic E-state index is 0. The molecule has 0 radical (unpaired) electrons. The van der Waals surface area contributed by atoms with Gasteiger partial charge in [0, 0.05) is 50.7 Å². The Morgan fingerprint density at radius 2 is 1.74 bits per heavy atom. The first-order chi connectivity index (χ1) is 16.1. The van der Waals surface area contributed by atoms with Gasteiger partial charge in [0.05, 0.1) is 0 Å². The number of hydrogen-bond acceptors (Lipinski definition) is 3. The van der Waals surface area contributed by atoms with E-state index in [-0.39, 0.29) is 35.8 Å². The van der Waals surface area contributed by atoms with Gasteiger partial charge in [-0.1, -0.05) is 61.7 Å². The number of amides is 1. The zero-order valence-corrected chi connectivity index (χ0v) is 22.7. The van der Waals surface area contributed by atoms with Gasteiger partial charge >= 0.3 is 0 Å². The summed E-state index contributed by atoms with van der Waals surface area (Å²) in [6, 6.07) is 17.4. The highest BCUT2D eigenvalue weighted by Gasteiger charge is 2.25. The van der Waals surface area contributed by atoms with Crippen LogP contribution in [-0.4, -0.2) is 43.4 Å². The summed E-state index contributed by atoms with van der Waals surface area (Å²) in [6.07, 6.45) is 7.21. The number of carbonyl (C=O) groups is 1. The van der Waals surface area contributed by atoms with Crippen molar-refractivity contribution in [3.8, 4) is 0 Å². The van der Waals surface area contributed by atoms with Gasteiger partial charge in [0.1, 0.15) is 0 Å². The second kappa shape index (κ2) is 13.1. The van der Waals surface area contributed by atoms with E-state index in [1.165, 1.54) is 48.8 Å². The molecule has 6 nitrogen and oxygen atoms in total. The fraction of sp³-hybridized carbons (Fsp3) is 0.481. The van der Waals surface area contributed by atoms with E-state index >= 15 is 0 Å². The predicted octanol–water partition coefficient (Wildman–Crippen LogP) is 4.86. The van der Waals surface area contributed by atoms with Crippen LogP contribution in [0.5, 0.6) is 0 Å². The molecule has 1 unspecified atom stereocenters. The Morgan fingerprint density at radius 1 is 1.03 bits per heavy atom. The van der Waals surface area contributed by atoms with Crippen LogP contribution in [0.15, 0.2) is 53.5 Å². The van der Waals surface area contributed by atoms with Gasteiger partial charge in [-0.2, -0.15) is 0 Å². The highest BCUT2D eigenvalue weighted by molar-refractivity contribution is 14.0. The number of para-hydroxylation sites is 1. The van der Waals surface area contributed by atoms with Crippen LogP contribution in [0.4, 0.5) is 5.69 Å². The monoisotopic (exact) mass is 575 g/mol. The molecule has 1 atom stereocenters. The van der Waals surface area contributed by atoms with Gasteiger partial charge in [-0.05, 0) is 42.6 Å². The second-order valence-electron chi connectivity index (χ2n) is 9.32. The predicted molar refractivity (Wildman–Crippen MR) is 151 cm³/mol. The molecule has 2 aromatic rings. The van der Waals surface area contributed by atoms with Crippen molar-refractivity contribution in [2.75, 3.05) is 26.0 Å². The van der Waals surface area contributed by atoms with E-state index in [4.69, 9.17) is 0 Å². The van der Waals surface area contributed by atoms with E-state index in [0.29, 0.717) is 19.0 Å². The largest absolute Gasteiger partial charge is 0.356 e. The van der Waals surface area contributed by atoms with Crippen molar-refractivity contribution >= 4 is 41.5 Å². The van der Waals surface area contributed by atoms with Gasteiger partial charge in [0.25, 0.3) is 0 Å². The minimum Gasteiger partial charge on any atom is -0.356 e. The quantitative estimate of drug-likeness (QED) is 0.251. The first kappa shape index (κ1) is 26.5. The standard InChI is InChI=1S/C27H37N5O.HI/c1-28-27(30-18-22-16-26(33)31-25-15-9-8-14-24(22)25)29-17-20-10-6-7-11-21(20)19-32(2)23-12-4-3-5-13-23;/h6-11,14-15,22-23H,3-5,12-13,16-19H2,1-2H3,(H,31,33)(H2,28,29,30);1H. The molecule has 184 valence electrons. The SMILES string of the molecule is CN=C(NCc1ccccc1CN(C)C1CCCCC1)NCC1CC(=O)Nc2ccccc21.I. The molecule has 4 rings (SSSR count). The first-order valence-electron chi connectivity index (χ1n) is 12.2. The van der Waals surface area contributed by atoms with Crippen LogP contribution < -0.4 is 16.0 Å². The Morgan fingerprint density at radius 3 is 2.50 bits per heavy atom. The number of hydrogen-bond donors (Lipinski definition) is 3. The van der Waals surface area contributed by atoms with Crippen LogP contribution >= 0.6 is 24.0 Å². The number of rotatable bonds is 7. The van der Waals surface area contributed by atoms with Gasteiger partial charge in [-0.25, -0.2) is 0 Å². The third-order valence-electron chi connectivity index (χ3n) is 7.03. The Labute approximate surface area is 221 Å². The maximum Gasteiger partial charge on any atom is 0.225 e. The van der Waals surface area contributed by atoms with Crippen molar-refractivity contribution in [2.45, 2.75) is 63.6 Å². The van der Waals surface area contributed by atoms with E-state index in [1.807, 2.05) is 18.2 Å². The van der Waals surface area contributed by atoms with Crippen LogP contribution in [0.2, 0.25) is 0 Å². The zero-order valence-electron chi connectivity index (χ0n) is 20.3. The fourth-order valence-electron chi connectivity index (χ4n) is 5.11. The molecule has 0 spiro atoms. The van der Waals surface area contributed by atoms with Gasteiger partial charge in [0.2, 0.25) is 5.91 Å². The zero-order chi connectivity index (χ0) is 23.0. The number of nitrogens with zero attached hydrogens (tertiary/aromatic N) is 2. The van der Waals surface area contributed by atoms with Crippen LogP contribution in [0, 0.1) is 0 Å². The number of fused-ring (bicyclic) bond motifs is 1. The molecule has 2 aromatic carbocycles. The fourth-order valence-corrected chi connectivity index (χ4v) is 5.11. The summed E-state index contributed by atoms with van der Waals surface area (Å²) < 4.78 is 0. The van der Waals surface area contributed by atoms with E-state index in [9.17, 15) is 4.79 Å². The molecule has 1 heterocycles. The van der Waals surface area contributed by atoms with Crippen molar-refractivity contribution < 1.29 is 4.79 Å². The maximum atomic E-state index is 12.1. The molecule has 0 saturated heterocycles. The summed E-state index contributed by atoms with van der Waals surface area (Å²) in [5.74, 6) is 0.957. The summed E-state index contributed by atoms with van der Waals surface area (Å²) in [5.41, 5.74) is 4.76. The lowest BCUT2D eigenvalue weighted by Crippen LogP contribution is -2.40. The van der Waals surface area contributed by atoms with Crippen LogP contribution in [0.1, 0.15) is 61.1 Å². The van der Waals surface area contributed by atoms with Crippen LogP contribution in [-0.2, 0) is 17.9 Å². The molecule has 3 N–H and O–H groups in total. The van der Waals surface area contributed by atoms with Gasteiger partial charge < -0.3 is 16.0 Å². The Kier molecular flexibility index (Phi) is 10.2. The lowest BCUT2D eigenvalue weighted by molar-refractivity contribution is -0.116. The minimum atomic E-state index is 0. The summed E-state index contributed by atoms with van der Waals surface area (Å²) in [4.78, 5) is 19.0. The van der Waals surface area contributed by atoms with Crippen LogP contribution in [0.3, 0.4) is 0 Å². The normalized spacial score (nSPS) is 18.6. The molecule has 1 aliphatic heterocycles. The van der Waals surface area contributed by atoms with Gasteiger partial charge in [0.15, 0.2) is 5.96 Å². The number of halogens is 1. The summed E-state index contributed by atoms with van der Waals surface area (Å²) >= 11 is 0. The highest BCUT2D eigenvalue weighted by Crippen LogP contribution is 2.31.